The maximum Gasteiger partial charge on any atom is 0.258 e. The molecule has 1 amide bonds. The van der Waals surface area contributed by atoms with Crippen molar-refractivity contribution in [1.82, 2.24) is 10.3 Å². The minimum Gasteiger partial charge on any atom is -0.483 e. The molecule has 0 spiro atoms. The lowest BCUT2D eigenvalue weighted by atomic mass is 9.97. The van der Waals surface area contributed by atoms with Gasteiger partial charge in [0.2, 0.25) is 0 Å². The summed E-state index contributed by atoms with van der Waals surface area (Å²) < 4.78 is 11.0. The first-order chi connectivity index (χ1) is 13.5. The van der Waals surface area contributed by atoms with Crippen LogP contribution >= 0.6 is 11.3 Å². The Kier molecular flexibility index (Phi) is 5.00. The van der Waals surface area contributed by atoms with E-state index in [2.05, 4.69) is 10.3 Å². The van der Waals surface area contributed by atoms with Crippen LogP contribution in [0.3, 0.4) is 0 Å². The molecule has 0 bridgehead atoms. The van der Waals surface area contributed by atoms with Gasteiger partial charge in [0.05, 0.1) is 24.1 Å². The van der Waals surface area contributed by atoms with Crippen LogP contribution < -0.4 is 10.1 Å². The number of hydrogen-bond acceptors (Lipinski definition) is 6. The van der Waals surface area contributed by atoms with Gasteiger partial charge in [-0.05, 0) is 42.2 Å². The van der Waals surface area contributed by atoms with Crippen molar-refractivity contribution in [3.05, 3.63) is 58.3 Å². The third-order valence-electron chi connectivity index (χ3n) is 4.80. The molecule has 0 saturated heterocycles. The standard InChI is InChI=1S/C21H20N2O4S/c1-12-5-6-16(20-15(24)8-13(2)19(12)20)27-10-18(25)22-9-14-11-28-21(23-14)17-4-3-7-26-17/h3-7,11,13H,8-10H2,1-2H3,(H,22,25). The van der Waals surface area contributed by atoms with Gasteiger partial charge in [-0.2, -0.15) is 0 Å². The average molecular weight is 396 g/mol. The summed E-state index contributed by atoms with van der Waals surface area (Å²) in [5.41, 5.74) is 3.50. The number of amides is 1. The van der Waals surface area contributed by atoms with Crippen molar-refractivity contribution in [3.8, 4) is 16.5 Å². The predicted molar refractivity (Wildman–Crippen MR) is 106 cm³/mol. The average Bonchev–Trinajstić information content (AvgIpc) is 3.40. The van der Waals surface area contributed by atoms with Gasteiger partial charge in [0.25, 0.3) is 5.91 Å². The molecule has 1 aliphatic rings. The molecule has 28 heavy (non-hydrogen) atoms. The van der Waals surface area contributed by atoms with Gasteiger partial charge in [-0.3, -0.25) is 9.59 Å². The van der Waals surface area contributed by atoms with Gasteiger partial charge >= 0.3 is 0 Å². The fourth-order valence-corrected chi connectivity index (χ4v) is 4.30. The zero-order valence-corrected chi connectivity index (χ0v) is 16.5. The fourth-order valence-electron chi connectivity index (χ4n) is 3.51. The number of thiazole rings is 1. The molecule has 0 aliphatic heterocycles. The molecule has 3 aromatic rings. The number of hydrogen-bond donors (Lipinski definition) is 1. The van der Waals surface area contributed by atoms with Crippen LogP contribution in [0.25, 0.3) is 10.8 Å². The minimum absolute atomic E-state index is 0.0783. The first-order valence-corrected chi connectivity index (χ1v) is 9.95. The topological polar surface area (TPSA) is 81.4 Å². The van der Waals surface area contributed by atoms with Crippen molar-refractivity contribution >= 4 is 23.0 Å². The molecule has 2 heterocycles. The number of carbonyl (C=O) groups is 2. The third-order valence-corrected chi connectivity index (χ3v) is 5.70. The molecule has 1 unspecified atom stereocenters. The Morgan fingerprint density at radius 2 is 2.25 bits per heavy atom. The Balaban J connectivity index is 1.35. The maximum atomic E-state index is 12.3. The van der Waals surface area contributed by atoms with Crippen LogP contribution in [-0.2, 0) is 11.3 Å². The number of carbonyl (C=O) groups excluding carboxylic acids is 2. The zero-order chi connectivity index (χ0) is 19.7. The largest absolute Gasteiger partial charge is 0.483 e. The van der Waals surface area contributed by atoms with E-state index in [1.165, 1.54) is 11.3 Å². The van der Waals surface area contributed by atoms with Crippen molar-refractivity contribution in [3.63, 3.8) is 0 Å². The number of benzene rings is 1. The molecule has 7 heteroatoms. The first-order valence-electron chi connectivity index (χ1n) is 9.07. The molecule has 1 aromatic carbocycles. The van der Waals surface area contributed by atoms with Crippen molar-refractivity contribution in [2.24, 2.45) is 0 Å². The highest BCUT2D eigenvalue weighted by Gasteiger charge is 2.31. The van der Waals surface area contributed by atoms with Crippen LogP contribution in [0.5, 0.6) is 5.75 Å². The Morgan fingerprint density at radius 1 is 1.39 bits per heavy atom. The molecule has 2 aromatic heterocycles. The Bertz CT molecular complexity index is 1020. The van der Waals surface area contributed by atoms with Gasteiger partial charge < -0.3 is 14.5 Å². The van der Waals surface area contributed by atoms with E-state index in [0.29, 0.717) is 30.0 Å². The summed E-state index contributed by atoms with van der Waals surface area (Å²) in [6.45, 7) is 4.20. The molecule has 0 saturated carbocycles. The molecule has 0 radical (unpaired) electrons. The number of ether oxygens (including phenoxy) is 1. The van der Waals surface area contributed by atoms with E-state index >= 15 is 0 Å². The van der Waals surface area contributed by atoms with E-state index in [-0.39, 0.29) is 24.2 Å². The number of nitrogens with zero attached hydrogens (tertiary/aromatic N) is 1. The van der Waals surface area contributed by atoms with E-state index < -0.39 is 0 Å². The Labute approximate surface area is 166 Å². The number of aromatic nitrogens is 1. The number of fused-ring (bicyclic) bond motifs is 1. The lowest BCUT2D eigenvalue weighted by molar-refractivity contribution is -0.123. The second-order valence-corrected chi connectivity index (χ2v) is 7.74. The van der Waals surface area contributed by atoms with Gasteiger partial charge in [-0.25, -0.2) is 4.98 Å². The van der Waals surface area contributed by atoms with E-state index in [1.807, 2.05) is 37.4 Å². The Hall–Kier alpha value is -2.93. The zero-order valence-electron chi connectivity index (χ0n) is 15.7. The molecule has 1 atom stereocenters. The SMILES string of the molecule is Cc1ccc(OCC(=O)NCc2csc(-c3ccco3)n2)c2c1C(C)CC2=O. The number of furan rings is 1. The van der Waals surface area contributed by atoms with Crippen LogP contribution in [-0.4, -0.2) is 23.3 Å². The second kappa shape index (κ2) is 7.59. The van der Waals surface area contributed by atoms with Gasteiger partial charge in [-0.15, -0.1) is 11.3 Å². The van der Waals surface area contributed by atoms with E-state index in [4.69, 9.17) is 9.15 Å². The van der Waals surface area contributed by atoms with E-state index in [0.717, 1.165) is 21.8 Å². The number of nitrogens with one attached hydrogen (secondary N) is 1. The molecule has 1 aliphatic carbocycles. The molecule has 6 nitrogen and oxygen atoms in total. The predicted octanol–water partition coefficient (Wildman–Crippen LogP) is 4.10. The van der Waals surface area contributed by atoms with Crippen molar-refractivity contribution in [2.45, 2.75) is 32.7 Å². The number of aryl methyl sites for hydroxylation is 1. The highest BCUT2D eigenvalue weighted by atomic mass is 32.1. The van der Waals surface area contributed by atoms with Gasteiger partial charge in [0, 0.05) is 11.8 Å². The first kappa shape index (κ1) is 18.4. The summed E-state index contributed by atoms with van der Waals surface area (Å²) in [4.78, 5) is 28.9. The van der Waals surface area contributed by atoms with Crippen molar-refractivity contribution in [1.29, 1.82) is 0 Å². The van der Waals surface area contributed by atoms with Gasteiger partial charge in [0.15, 0.2) is 23.2 Å². The van der Waals surface area contributed by atoms with E-state index in [1.54, 1.807) is 12.3 Å². The van der Waals surface area contributed by atoms with Crippen LogP contribution in [0.1, 0.15) is 46.4 Å². The molecular weight excluding hydrogens is 376 g/mol. The smallest absolute Gasteiger partial charge is 0.258 e. The molecular formula is C21H20N2O4S. The van der Waals surface area contributed by atoms with E-state index in [9.17, 15) is 9.59 Å². The maximum absolute atomic E-state index is 12.3. The summed E-state index contributed by atoms with van der Waals surface area (Å²) in [6.07, 6.45) is 2.09. The van der Waals surface area contributed by atoms with Crippen LogP contribution in [0.2, 0.25) is 0 Å². The molecule has 4 rings (SSSR count). The molecule has 0 fully saturated rings. The molecule has 1 N–H and O–H groups in total. The lowest BCUT2D eigenvalue weighted by Gasteiger charge is -2.13. The van der Waals surface area contributed by atoms with Gasteiger partial charge in [-0.1, -0.05) is 13.0 Å². The second-order valence-electron chi connectivity index (χ2n) is 6.88. The number of rotatable bonds is 6. The van der Waals surface area contributed by atoms with Gasteiger partial charge in [0.1, 0.15) is 5.75 Å². The third kappa shape index (κ3) is 3.57. The van der Waals surface area contributed by atoms with Crippen molar-refractivity contribution < 1.29 is 18.7 Å². The Morgan fingerprint density at radius 3 is 3.04 bits per heavy atom. The van der Waals surface area contributed by atoms with Crippen LogP contribution in [0, 0.1) is 6.92 Å². The monoisotopic (exact) mass is 396 g/mol. The highest BCUT2D eigenvalue weighted by molar-refractivity contribution is 7.13. The normalized spacial score (nSPS) is 15.5. The summed E-state index contributed by atoms with van der Waals surface area (Å²) in [5, 5.41) is 5.44. The van der Waals surface area contributed by atoms with Crippen LogP contribution in [0.4, 0.5) is 0 Å². The quantitative estimate of drug-likeness (QED) is 0.678. The highest BCUT2D eigenvalue weighted by Crippen LogP contribution is 2.40. The summed E-state index contributed by atoms with van der Waals surface area (Å²) in [7, 11) is 0. The molecule has 144 valence electrons. The summed E-state index contributed by atoms with van der Waals surface area (Å²) in [6, 6.07) is 7.36. The fraction of sp³-hybridized carbons (Fsp3) is 0.286. The van der Waals surface area contributed by atoms with Crippen molar-refractivity contribution in [2.75, 3.05) is 6.61 Å². The number of Topliss-reactive ketones (excluding diaryl/α,β-unsaturated/α-hetero) is 1. The number of ketones is 1. The minimum atomic E-state index is -0.264. The lowest BCUT2D eigenvalue weighted by Crippen LogP contribution is -2.28. The summed E-state index contributed by atoms with van der Waals surface area (Å²) >= 11 is 1.46. The van der Waals surface area contributed by atoms with Crippen LogP contribution in [0.15, 0.2) is 40.3 Å². The summed E-state index contributed by atoms with van der Waals surface area (Å²) in [5.74, 6) is 1.19.